The summed E-state index contributed by atoms with van der Waals surface area (Å²) in [5, 5.41) is 5.31. The second-order valence-corrected chi connectivity index (χ2v) is 9.04. The minimum absolute atomic E-state index is 0.105. The number of aryl methyl sites for hydroxylation is 2. The van der Waals surface area contributed by atoms with Crippen molar-refractivity contribution in [2.75, 3.05) is 0 Å². The fraction of sp³-hybridized carbons (Fsp3) is 0.333. The lowest BCUT2D eigenvalue weighted by Crippen LogP contribution is -2.25. The zero-order valence-electron chi connectivity index (χ0n) is 19.5. The minimum atomic E-state index is -0.105. The summed E-state index contributed by atoms with van der Waals surface area (Å²) in [6.07, 6.45) is 9.30. The van der Waals surface area contributed by atoms with Crippen molar-refractivity contribution in [1.82, 2.24) is 19.2 Å². The van der Waals surface area contributed by atoms with Crippen LogP contribution in [-0.2, 0) is 0 Å². The summed E-state index contributed by atoms with van der Waals surface area (Å²) in [5.41, 5.74) is 4.88. The molecule has 0 radical (unpaired) electrons. The van der Waals surface area contributed by atoms with Gasteiger partial charge in [-0.2, -0.15) is 9.78 Å². The Kier molecular flexibility index (Phi) is 5.67. The van der Waals surface area contributed by atoms with E-state index in [2.05, 4.69) is 42.5 Å². The molecule has 0 unspecified atom stereocenters. The van der Waals surface area contributed by atoms with Gasteiger partial charge in [-0.3, -0.25) is 4.79 Å². The Morgan fingerprint density at radius 3 is 2.61 bits per heavy atom. The molecule has 0 N–H and O–H groups in total. The van der Waals surface area contributed by atoms with Gasteiger partial charge in [0, 0.05) is 29.1 Å². The average molecular weight is 440 g/mol. The van der Waals surface area contributed by atoms with Crippen LogP contribution in [0.5, 0.6) is 0 Å². The van der Waals surface area contributed by atoms with E-state index in [0.29, 0.717) is 5.39 Å². The van der Waals surface area contributed by atoms with Crippen molar-refractivity contribution in [3.63, 3.8) is 0 Å². The van der Waals surface area contributed by atoms with Gasteiger partial charge in [0.25, 0.3) is 5.56 Å². The first kappa shape index (κ1) is 21.3. The number of hydrogen-bond donors (Lipinski definition) is 0. The first-order valence-electron chi connectivity index (χ1n) is 11.7. The van der Waals surface area contributed by atoms with Gasteiger partial charge in [0.1, 0.15) is 11.6 Å². The van der Waals surface area contributed by atoms with Crippen LogP contribution in [-0.4, -0.2) is 25.4 Å². The molecule has 0 spiro atoms. The van der Waals surface area contributed by atoms with Crippen molar-refractivity contribution < 1.29 is 0 Å². The topological polar surface area (TPSA) is 65.1 Å². The molecule has 3 heterocycles. The minimum Gasteiger partial charge on any atom is -0.303 e. The summed E-state index contributed by atoms with van der Waals surface area (Å²) in [7, 11) is 0. The van der Waals surface area contributed by atoms with Gasteiger partial charge in [-0.05, 0) is 69.5 Å². The standard InChI is InChI=1S/C27H29N5O/c1-18-13-14-28-25(15-18)31-19(2)16-22(20(31)3)17-29-32-26(21-9-5-4-6-10-21)30-24-12-8-7-11-23(24)27(32)33/h7-8,11-17,21H,4-6,9-10H2,1-3H3. The van der Waals surface area contributed by atoms with Crippen LogP contribution >= 0.6 is 0 Å². The van der Waals surface area contributed by atoms with Crippen LogP contribution in [0.4, 0.5) is 0 Å². The molecule has 1 saturated carbocycles. The summed E-state index contributed by atoms with van der Waals surface area (Å²) in [6, 6.07) is 13.7. The Morgan fingerprint density at radius 1 is 1.03 bits per heavy atom. The first-order chi connectivity index (χ1) is 16.0. The lowest BCUT2D eigenvalue weighted by molar-refractivity contribution is 0.416. The second kappa shape index (κ2) is 8.77. The van der Waals surface area contributed by atoms with Crippen LogP contribution in [0.25, 0.3) is 16.7 Å². The van der Waals surface area contributed by atoms with E-state index >= 15 is 0 Å². The van der Waals surface area contributed by atoms with Crippen LogP contribution in [0, 0.1) is 20.8 Å². The number of benzene rings is 1. The van der Waals surface area contributed by atoms with E-state index in [9.17, 15) is 4.79 Å². The van der Waals surface area contributed by atoms with E-state index < -0.39 is 0 Å². The summed E-state index contributed by atoms with van der Waals surface area (Å²) >= 11 is 0. The Labute approximate surface area is 193 Å². The molecule has 0 atom stereocenters. The molecule has 4 aromatic rings. The third-order valence-corrected chi connectivity index (χ3v) is 6.66. The van der Waals surface area contributed by atoms with E-state index in [1.54, 1.807) is 6.21 Å². The molecule has 168 valence electrons. The Balaban J connectivity index is 1.61. The summed E-state index contributed by atoms with van der Waals surface area (Å²) in [6.45, 7) is 6.18. The van der Waals surface area contributed by atoms with Gasteiger partial charge in [-0.25, -0.2) is 9.97 Å². The van der Waals surface area contributed by atoms with E-state index in [1.165, 1.54) is 23.9 Å². The van der Waals surface area contributed by atoms with Crippen molar-refractivity contribution in [1.29, 1.82) is 0 Å². The highest BCUT2D eigenvalue weighted by atomic mass is 16.1. The quantitative estimate of drug-likeness (QED) is 0.398. The third-order valence-electron chi connectivity index (χ3n) is 6.66. The number of hydrogen-bond acceptors (Lipinski definition) is 4. The zero-order valence-corrected chi connectivity index (χ0v) is 19.5. The zero-order chi connectivity index (χ0) is 22.9. The average Bonchev–Trinajstić information content (AvgIpc) is 3.11. The van der Waals surface area contributed by atoms with Crippen LogP contribution in [0.1, 0.15) is 66.4 Å². The molecule has 1 fully saturated rings. The number of aromatic nitrogens is 4. The normalized spacial score (nSPS) is 15.0. The third kappa shape index (κ3) is 4.01. The highest BCUT2D eigenvalue weighted by Gasteiger charge is 2.22. The second-order valence-electron chi connectivity index (χ2n) is 9.04. The summed E-state index contributed by atoms with van der Waals surface area (Å²) < 4.78 is 3.66. The lowest BCUT2D eigenvalue weighted by Gasteiger charge is -2.22. The highest BCUT2D eigenvalue weighted by molar-refractivity contribution is 5.82. The fourth-order valence-corrected chi connectivity index (χ4v) is 4.91. The Hall–Kier alpha value is -3.54. The van der Waals surface area contributed by atoms with E-state index in [4.69, 9.17) is 10.1 Å². The Morgan fingerprint density at radius 2 is 1.82 bits per heavy atom. The molecule has 1 aliphatic carbocycles. The smallest absolute Gasteiger partial charge is 0.282 e. The number of rotatable bonds is 4. The van der Waals surface area contributed by atoms with E-state index in [0.717, 1.165) is 52.5 Å². The van der Waals surface area contributed by atoms with E-state index in [-0.39, 0.29) is 11.5 Å². The maximum absolute atomic E-state index is 13.4. The molecule has 0 amide bonds. The van der Waals surface area contributed by atoms with Crippen molar-refractivity contribution in [3.8, 4) is 5.82 Å². The predicted molar refractivity (Wildman–Crippen MR) is 133 cm³/mol. The largest absolute Gasteiger partial charge is 0.303 e. The molecule has 6 nitrogen and oxygen atoms in total. The first-order valence-corrected chi connectivity index (χ1v) is 11.7. The number of nitrogens with zero attached hydrogens (tertiary/aromatic N) is 5. The van der Waals surface area contributed by atoms with Gasteiger partial charge in [0.2, 0.25) is 0 Å². The van der Waals surface area contributed by atoms with Gasteiger partial charge in [-0.1, -0.05) is 31.4 Å². The van der Waals surface area contributed by atoms with Crippen LogP contribution in [0.3, 0.4) is 0 Å². The van der Waals surface area contributed by atoms with Gasteiger partial charge in [0.05, 0.1) is 17.1 Å². The molecular weight excluding hydrogens is 410 g/mol. The molecule has 1 aromatic carbocycles. The van der Waals surface area contributed by atoms with Crippen molar-refractivity contribution in [2.24, 2.45) is 5.10 Å². The summed E-state index contributed by atoms with van der Waals surface area (Å²) in [5.74, 6) is 1.93. The molecule has 3 aromatic heterocycles. The summed E-state index contributed by atoms with van der Waals surface area (Å²) in [4.78, 5) is 22.9. The van der Waals surface area contributed by atoms with Crippen molar-refractivity contribution in [2.45, 2.75) is 58.8 Å². The molecule has 0 bridgehead atoms. The number of pyridine rings is 1. The molecule has 5 rings (SSSR count). The maximum Gasteiger partial charge on any atom is 0.282 e. The van der Waals surface area contributed by atoms with Crippen molar-refractivity contribution in [3.05, 3.63) is 87.4 Å². The van der Waals surface area contributed by atoms with Crippen LogP contribution < -0.4 is 5.56 Å². The molecular formula is C27H29N5O. The van der Waals surface area contributed by atoms with Gasteiger partial charge in [-0.15, -0.1) is 0 Å². The SMILES string of the molecule is Cc1ccnc(-n2c(C)cc(C=Nn3c(C4CCCCC4)nc4ccccc4c3=O)c2C)c1. The number of para-hydroxylation sites is 1. The van der Waals surface area contributed by atoms with Gasteiger partial charge < -0.3 is 4.57 Å². The fourth-order valence-electron chi connectivity index (χ4n) is 4.91. The molecule has 0 aliphatic heterocycles. The van der Waals surface area contributed by atoms with Gasteiger partial charge in [0.15, 0.2) is 0 Å². The molecule has 6 heteroatoms. The molecule has 0 saturated heterocycles. The Bertz CT molecular complexity index is 1410. The lowest BCUT2D eigenvalue weighted by atomic mass is 9.88. The highest BCUT2D eigenvalue weighted by Crippen LogP contribution is 2.31. The molecule has 1 aliphatic rings. The predicted octanol–water partition coefficient (Wildman–Crippen LogP) is 5.44. The molecule has 33 heavy (non-hydrogen) atoms. The van der Waals surface area contributed by atoms with Gasteiger partial charge >= 0.3 is 0 Å². The van der Waals surface area contributed by atoms with Crippen LogP contribution in [0.2, 0.25) is 0 Å². The van der Waals surface area contributed by atoms with E-state index in [1.807, 2.05) is 36.5 Å². The monoisotopic (exact) mass is 439 g/mol. The van der Waals surface area contributed by atoms with Crippen molar-refractivity contribution >= 4 is 17.1 Å². The van der Waals surface area contributed by atoms with Crippen LogP contribution in [0.15, 0.2) is 58.6 Å². The number of fused-ring (bicyclic) bond motifs is 1. The maximum atomic E-state index is 13.4.